The summed E-state index contributed by atoms with van der Waals surface area (Å²) in [6, 6.07) is 7.69. The average molecular weight is 288 g/mol. The van der Waals surface area contributed by atoms with Crippen LogP contribution in [0.1, 0.15) is 39.0 Å². The first kappa shape index (κ1) is 15.4. The van der Waals surface area contributed by atoms with Crippen molar-refractivity contribution in [1.29, 1.82) is 0 Å². The van der Waals surface area contributed by atoms with Crippen molar-refractivity contribution in [1.82, 2.24) is 0 Å². The van der Waals surface area contributed by atoms with Gasteiger partial charge in [-0.1, -0.05) is 11.6 Å². The number of carbonyl (C=O) groups is 1. The van der Waals surface area contributed by atoms with Gasteiger partial charge in [0.05, 0.1) is 6.61 Å². The van der Waals surface area contributed by atoms with Crippen LogP contribution < -0.4 is 10.6 Å². The predicted octanol–water partition coefficient (Wildman–Crippen LogP) is 4.56. The highest BCUT2D eigenvalue weighted by atomic mass is 16.5. The van der Waals surface area contributed by atoms with Crippen molar-refractivity contribution < 1.29 is 9.53 Å². The Labute approximate surface area is 126 Å². The van der Waals surface area contributed by atoms with Gasteiger partial charge in [0.2, 0.25) is 0 Å². The molecule has 1 amide bonds. The van der Waals surface area contributed by atoms with E-state index in [2.05, 4.69) is 16.7 Å². The first-order chi connectivity index (χ1) is 10.3. The Morgan fingerprint density at radius 1 is 1.19 bits per heavy atom. The van der Waals surface area contributed by atoms with Crippen molar-refractivity contribution in [2.45, 2.75) is 39.0 Å². The molecular weight excluding hydrogens is 264 g/mol. The third-order valence-corrected chi connectivity index (χ3v) is 3.57. The van der Waals surface area contributed by atoms with Gasteiger partial charge >= 0.3 is 6.09 Å². The van der Waals surface area contributed by atoms with Crippen LogP contribution in [0.2, 0.25) is 0 Å². The van der Waals surface area contributed by atoms with E-state index in [9.17, 15) is 4.79 Å². The summed E-state index contributed by atoms with van der Waals surface area (Å²) in [6.45, 7) is 3.12. The van der Waals surface area contributed by atoms with Gasteiger partial charge in [-0.05, 0) is 63.3 Å². The van der Waals surface area contributed by atoms with Crippen molar-refractivity contribution in [3.8, 4) is 0 Å². The van der Waals surface area contributed by atoms with Crippen molar-refractivity contribution >= 4 is 17.5 Å². The number of rotatable bonds is 6. The normalized spacial score (nSPS) is 14.2. The van der Waals surface area contributed by atoms with Crippen LogP contribution in [0, 0.1) is 0 Å². The minimum Gasteiger partial charge on any atom is -0.450 e. The van der Waals surface area contributed by atoms with E-state index >= 15 is 0 Å². The Bertz CT molecular complexity index is 480. The number of ether oxygens (including phenoxy) is 1. The van der Waals surface area contributed by atoms with E-state index in [1.165, 1.54) is 25.7 Å². The molecule has 0 radical (unpaired) electrons. The lowest BCUT2D eigenvalue weighted by molar-refractivity contribution is 0.168. The van der Waals surface area contributed by atoms with E-state index in [-0.39, 0.29) is 0 Å². The third kappa shape index (κ3) is 5.50. The van der Waals surface area contributed by atoms with Crippen LogP contribution in [0.25, 0.3) is 0 Å². The van der Waals surface area contributed by atoms with Crippen molar-refractivity contribution in [3.05, 3.63) is 35.9 Å². The molecule has 114 valence electrons. The fraction of sp³-hybridized carbons (Fsp3) is 0.471. The van der Waals surface area contributed by atoms with Gasteiger partial charge in [0.1, 0.15) is 0 Å². The molecule has 4 nitrogen and oxygen atoms in total. The molecule has 0 spiro atoms. The summed E-state index contributed by atoms with van der Waals surface area (Å²) in [6.07, 6.45) is 8.25. The Morgan fingerprint density at radius 3 is 2.62 bits per heavy atom. The Kier molecular flexibility index (Phi) is 6.13. The van der Waals surface area contributed by atoms with Gasteiger partial charge in [-0.2, -0.15) is 0 Å². The fourth-order valence-electron chi connectivity index (χ4n) is 2.46. The summed E-state index contributed by atoms with van der Waals surface area (Å²) in [5, 5.41) is 6.09. The quantitative estimate of drug-likeness (QED) is 0.755. The zero-order valence-corrected chi connectivity index (χ0v) is 12.7. The molecule has 0 saturated carbocycles. The minimum atomic E-state index is -0.414. The largest absolute Gasteiger partial charge is 0.450 e. The second kappa shape index (κ2) is 8.35. The maximum Gasteiger partial charge on any atom is 0.411 e. The van der Waals surface area contributed by atoms with Gasteiger partial charge in [0, 0.05) is 17.9 Å². The molecule has 0 unspecified atom stereocenters. The van der Waals surface area contributed by atoms with Gasteiger partial charge < -0.3 is 10.1 Å². The molecular formula is C17H24N2O2. The zero-order chi connectivity index (χ0) is 14.9. The van der Waals surface area contributed by atoms with E-state index in [4.69, 9.17) is 4.74 Å². The molecule has 0 saturated heterocycles. The summed E-state index contributed by atoms with van der Waals surface area (Å²) in [4.78, 5) is 11.3. The molecule has 0 bridgehead atoms. The Morgan fingerprint density at radius 2 is 1.95 bits per heavy atom. The molecule has 0 atom stereocenters. The maximum absolute atomic E-state index is 11.3. The number of hydrogen-bond donors (Lipinski definition) is 2. The highest BCUT2D eigenvalue weighted by molar-refractivity contribution is 5.84. The number of benzene rings is 1. The molecule has 1 aliphatic rings. The van der Waals surface area contributed by atoms with E-state index in [0.29, 0.717) is 6.61 Å². The number of anilines is 2. The summed E-state index contributed by atoms with van der Waals surface area (Å²) in [5.41, 5.74) is 3.39. The number of hydrogen-bond acceptors (Lipinski definition) is 3. The topological polar surface area (TPSA) is 50.4 Å². The lowest BCUT2D eigenvalue weighted by atomic mass is 9.97. The second-order valence-electron chi connectivity index (χ2n) is 5.21. The van der Waals surface area contributed by atoms with Crippen molar-refractivity contribution in [2.24, 2.45) is 0 Å². The maximum atomic E-state index is 11.3. The first-order valence-corrected chi connectivity index (χ1v) is 7.73. The number of allylic oxidation sites excluding steroid dienone is 1. The molecule has 0 heterocycles. The van der Waals surface area contributed by atoms with Crippen LogP contribution >= 0.6 is 0 Å². The van der Waals surface area contributed by atoms with E-state index in [0.717, 1.165) is 24.3 Å². The SMILES string of the molecule is CCOC(=O)Nc1ccc(NCCC2=CCCCC2)cc1. The molecule has 2 N–H and O–H groups in total. The molecule has 2 rings (SSSR count). The van der Waals surface area contributed by atoms with Crippen molar-refractivity contribution in [3.63, 3.8) is 0 Å². The number of amides is 1. The monoisotopic (exact) mass is 288 g/mol. The standard InChI is InChI=1S/C17H24N2O2/c1-2-21-17(20)19-16-10-8-15(9-11-16)18-13-12-14-6-4-3-5-7-14/h6,8-11,18H,2-5,7,12-13H2,1H3,(H,19,20). The summed E-state index contributed by atoms with van der Waals surface area (Å²) >= 11 is 0. The summed E-state index contributed by atoms with van der Waals surface area (Å²) in [7, 11) is 0. The van der Waals surface area contributed by atoms with Crippen LogP contribution in [0.3, 0.4) is 0 Å². The molecule has 0 aromatic heterocycles. The lowest BCUT2D eigenvalue weighted by Crippen LogP contribution is -2.13. The van der Waals surface area contributed by atoms with Crippen LogP contribution in [-0.4, -0.2) is 19.2 Å². The third-order valence-electron chi connectivity index (χ3n) is 3.57. The zero-order valence-electron chi connectivity index (χ0n) is 12.7. The van der Waals surface area contributed by atoms with Gasteiger partial charge in [-0.3, -0.25) is 5.32 Å². The van der Waals surface area contributed by atoms with E-state index in [1.54, 1.807) is 12.5 Å². The molecule has 4 heteroatoms. The van der Waals surface area contributed by atoms with Crippen molar-refractivity contribution in [2.75, 3.05) is 23.8 Å². The van der Waals surface area contributed by atoms with Crippen LogP contribution in [0.4, 0.5) is 16.2 Å². The molecule has 0 aliphatic heterocycles. The highest BCUT2D eigenvalue weighted by Gasteiger charge is 2.04. The van der Waals surface area contributed by atoms with Crippen LogP contribution in [0.5, 0.6) is 0 Å². The smallest absolute Gasteiger partial charge is 0.411 e. The van der Waals surface area contributed by atoms with Crippen LogP contribution in [-0.2, 0) is 4.74 Å². The summed E-state index contributed by atoms with van der Waals surface area (Å²) < 4.78 is 4.84. The summed E-state index contributed by atoms with van der Waals surface area (Å²) in [5.74, 6) is 0. The molecule has 1 aliphatic carbocycles. The number of nitrogens with one attached hydrogen (secondary N) is 2. The van der Waals surface area contributed by atoms with Gasteiger partial charge in [0.25, 0.3) is 0 Å². The second-order valence-corrected chi connectivity index (χ2v) is 5.21. The van der Waals surface area contributed by atoms with Gasteiger partial charge in [-0.25, -0.2) is 4.79 Å². The lowest BCUT2D eigenvalue weighted by Gasteiger charge is -2.13. The minimum absolute atomic E-state index is 0.376. The highest BCUT2D eigenvalue weighted by Crippen LogP contribution is 2.20. The fourth-order valence-corrected chi connectivity index (χ4v) is 2.46. The van der Waals surface area contributed by atoms with Gasteiger partial charge in [0.15, 0.2) is 0 Å². The first-order valence-electron chi connectivity index (χ1n) is 7.73. The molecule has 1 aromatic rings. The molecule has 21 heavy (non-hydrogen) atoms. The number of carbonyl (C=O) groups excluding carboxylic acids is 1. The molecule has 1 aromatic carbocycles. The van der Waals surface area contributed by atoms with Gasteiger partial charge in [-0.15, -0.1) is 0 Å². The molecule has 0 fully saturated rings. The van der Waals surface area contributed by atoms with E-state index < -0.39 is 6.09 Å². The Balaban J connectivity index is 1.74. The van der Waals surface area contributed by atoms with Crippen LogP contribution in [0.15, 0.2) is 35.9 Å². The average Bonchev–Trinajstić information content (AvgIpc) is 2.50. The Hall–Kier alpha value is -1.97. The van der Waals surface area contributed by atoms with E-state index in [1.807, 2.05) is 24.3 Å². The predicted molar refractivity (Wildman–Crippen MR) is 86.7 cm³/mol.